The molecule has 1 N–H and O–H groups in total. The largest absolute Gasteiger partial charge is 0.454 e. The predicted octanol–water partition coefficient (Wildman–Crippen LogP) is 3.03. The van der Waals surface area contributed by atoms with E-state index >= 15 is 0 Å². The van der Waals surface area contributed by atoms with Crippen LogP contribution in [-0.2, 0) is 14.3 Å². The Kier molecular flexibility index (Phi) is 7.07. The topological polar surface area (TPSA) is 113 Å². The molecule has 2 aromatic heterocycles. The average molecular weight is 453 g/mol. The summed E-state index contributed by atoms with van der Waals surface area (Å²) in [5, 5.41) is 20.2. The molecule has 3 rings (SSSR count). The van der Waals surface area contributed by atoms with Crippen LogP contribution in [0.3, 0.4) is 0 Å². The molecule has 32 heavy (non-hydrogen) atoms. The number of anilines is 2. The van der Waals surface area contributed by atoms with Gasteiger partial charge in [0.1, 0.15) is 18.4 Å². The van der Waals surface area contributed by atoms with E-state index in [4.69, 9.17) is 16.3 Å². The number of hydrogen-bond donors (Lipinski definition) is 1. The van der Waals surface area contributed by atoms with E-state index < -0.39 is 18.5 Å². The fraction of sp³-hybridized carbons (Fsp3) is 0.227. The molecule has 10 heteroatoms. The number of amides is 1. The number of carbonyl (C=O) groups is 2. The SMILES string of the molecule is Cc1c(C#N)c(NC(=O)COC(=O)CN(C)c2ccc(Cl)nn2)n(-c2ccccc2)c1C. The standard InChI is InChI=1S/C22H21ClN6O3/c1-14-15(2)29(16-7-5-4-6-8-16)22(17(14)11-24)25-20(30)13-32-21(31)12-28(3)19-10-9-18(23)26-27-19/h4-10H,12-13H2,1-3H3,(H,25,30). The first-order chi connectivity index (χ1) is 15.3. The van der Waals surface area contributed by atoms with Crippen molar-refractivity contribution in [1.29, 1.82) is 5.26 Å². The third-order valence-corrected chi connectivity index (χ3v) is 5.04. The number of nitriles is 1. The molecule has 0 aliphatic rings. The van der Waals surface area contributed by atoms with Gasteiger partial charge in [0, 0.05) is 18.4 Å². The van der Waals surface area contributed by atoms with E-state index in [9.17, 15) is 14.9 Å². The van der Waals surface area contributed by atoms with Gasteiger partial charge < -0.3 is 15.0 Å². The van der Waals surface area contributed by atoms with Crippen LogP contribution >= 0.6 is 11.6 Å². The van der Waals surface area contributed by atoms with Crippen LogP contribution < -0.4 is 10.2 Å². The Hall–Kier alpha value is -3.90. The minimum absolute atomic E-state index is 0.133. The van der Waals surface area contributed by atoms with Crippen molar-refractivity contribution in [1.82, 2.24) is 14.8 Å². The van der Waals surface area contributed by atoms with Crippen molar-refractivity contribution in [3.05, 3.63) is 64.4 Å². The number of aromatic nitrogens is 3. The number of para-hydroxylation sites is 1. The Bertz CT molecular complexity index is 1170. The van der Waals surface area contributed by atoms with Gasteiger partial charge in [0.05, 0.1) is 5.56 Å². The molecule has 0 saturated carbocycles. The maximum atomic E-state index is 12.5. The highest BCUT2D eigenvalue weighted by molar-refractivity contribution is 6.29. The Morgan fingerprint density at radius 2 is 1.91 bits per heavy atom. The second-order valence-corrected chi connectivity index (χ2v) is 7.38. The Balaban J connectivity index is 1.67. The fourth-order valence-electron chi connectivity index (χ4n) is 3.11. The molecule has 2 heterocycles. The minimum atomic E-state index is -0.620. The van der Waals surface area contributed by atoms with Crippen LogP contribution in [0.25, 0.3) is 5.69 Å². The number of nitrogens with one attached hydrogen (secondary N) is 1. The van der Waals surface area contributed by atoms with Gasteiger partial charge in [-0.1, -0.05) is 29.8 Å². The molecule has 1 aromatic carbocycles. The fourth-order valence-corrected chi connectivity index (χ4v) is 3.21. The summed E-state index contributed by atoms with van der Waals surface area (Å²) in [6.07, 6.45) is 0. The minimum Gasteiger partial charge on any atom is -0.454 e. The summed E-state index contributed by atoms with van der Waals surface area (Å²) in [6.45, 7) is 3.06. The Labute approximate surface area is 190 Å². The number of esters is 1. The highest BCUT2D eigenvalue weighted by Gasteiger charge is 2.21. The average Bonchev–Trinajstić information content (AvgIpc) is 3.02. The molecule has 0 atom stereocenters. The van der Waals surface area contributed by atoms with E-state index in [-0.39, 0.29) is 11.7 Å². The van der Waals surface area contributed by atoms with Crippen molar-refractivity contribution in [2.75, 3.05) is 30.4 Å². The zero-order valence-corrected chi connectivity index (χ0v) is 18.6. The molecular weight excluding hydrogens is 432 g/mol. The third-order valence-electron chi connectivity index (χ3n) is 4.84. The smallest absolute Gasteiger partial charge is 0.326 e. The van der Waals surface area contributed by atoms with Gasteiger partial charge >= 0.3 is 5.97 Å². The lowest BCUT2D eigenvalue weighted by molar-refractivity contribution is -0.145. The molecular formula is C22H21ClN6O3. The first-order valence-electron chi connectivity index (χ1n) is 9.65. The number of rotatable bonds is 7. The van der Waals surface area contributed by atoms with Gasteiger partial charge in [-0.05, 0) is 43.7 Å². The molecule has 1 amide bonds. The van der Waals surface area contributed by atoms with Crippen LogP contribution in [0.15, 0.2) is 42.5 Å². The highest BCUT2D eigenvalue weighted by Crippen LogP contribution is 2.29. The number of benzene rings is 1. The molecule has 0 fully saturated rings. The van der Waals surface area contributed by atoms with Gasteiger partial charge in [-0.3, -0.25) is 14.2 Å². The van der Waals surface area contributed by atoms with Gasteiger partial charge in [-0.2, -0.15) is 5.26 Å². The van der Waals surface area contributed by atoms with E-state index in [1.807, 2.05) is 44.2 Å². The van der Waals surface area contributed by atoms with Crippen molar-refractivity contribution in [3.63, 3.8) is 0 Å². The lowest BCUT2D eigenvalue weighted by atomic mass is 10.2. The van der Waals surface area contributed by atoms with Crippen molar-refractivity contribution >= 4 is 35.1 Å². The van der Waals surface area contributed by atoms with E-state index in [0.29, 0.717) is 17.2 Å². The number of likely N-dealkylation sites (N-methyl/N-ethyl adjacent to an activating group) is 1. The van der Waals surface area contributed by atoms with Crippen molar-refractivity contribution in [2.45, 2.75) is 13.8 Å². The number of carbonyl (C=O) groups excluding carboxylic acids is 2. The molecule has 9 nitrogen and oxygen atoms in total. The number of halogens is 1. The first-order valence-corrected chi connectivity index (χ1v) is 10.0. The maximum absolute atomic E-state index is 12.5. The molecule has 0 aliphatic heterocycles. The normalized spacial score (nSPS) is 10.3. The van der Waals surface area contributed by atoms with E-state index in [2.05, 4.69) is 21.6 Å². The molecule has 0 bridgehead atoms. The maximum Gasteiger partial charge on any atom is 0.326 e. The number of ether oxygens (including phenoxy) is 1. The van der Waals surface area contributed by atoms with Crippen LogP contribution in [0.2, 0.25) is 5.15 Å². The summed E-state index contributed by atoms with van der Waals surface area (Å²) in [6, 6.07) is 14.7. The van der Waals surface area contributed by atoms with Gasteiger partial charge in [0.15, 0.2) is 17.6 Å². The van der Waals surface area contributed by atoms with Crippen LogP contribution in [0.4, 0.5) is 11.6 Å². The van der Waals surface area contributed by atoms with E-state index in [1.54, 1.807) is 23.7 Å². The summed E-state index contributed by atoms with van der Waals surface area (Å²) in [5.41, 5.74) is 2.74. The van der Waals surface area contributed by atoms with Gasteiger partial charge in [0.25, 0.3) is 5.91 Å². The lowest BCUT2D eigenvalue weighted by Gasteiger charge is -2.16. The Morgan fingerprint density at radius 1 is 1.19 bits per heavy atom. The van der Waals surface area contributed by atoms with Crippen LogP contribution in [0, 0.1) is 25.2 Å². The number of hydrogen-bond acceptors (Lipinski definition) is 7. The van der Waals surface area contributed by atoms with E-state index in [0.717, 1.165) is 16.9 Å². The molecule has 164 valence electrons. The van der Waals surface area contributed by atoms with Crippen molar-refractivity contribution < 1.29 is 14.3 Å². The molecule has 3 aromatic rings. The molecule has 0 spiro atoms. The zero-order valence-electron chi connectivity index (χ0n) is 17.8. The quantitative estimate of drug-likeness (QED) is 0.548. The second kappa shape index (κ2) is 9.94. The van der Waals surface area contributed by atoms with Crippen molar-refractivity contribution in [3.8, 4) is 11.8 Å². The second-order valence-electron chi connectivity index (χ2n) is 7.00. The number of nitrogens with zero attached hydrogens (tertiary/aromatic N) is 5. The summed E-state index contributed by atoms with van der Waals surface area (Å²) >= 11 is 5.71. The molecule has 0 unspecified atom stereocenters. The van der Waals surface area contributed by atoms with Crippen LogP contribution in [-0.4, -0.2) is 46.8 Å². The summed E-state index contributed by atoms with van der Waals surface area (Å²) in [7, 11) is 1.64. The van der Waals surface area contributed by atoms with Crippen molar-refractivity contribution in [2.24, 2.45) is 0 Å². The predicted molar refractivity (Wildman–Crippen MR) is 120 cm³/mol. The van der Waals surface area contributed by atoms with Crippen LogP contribution in [0.1, 0.15) is 16.8 Å². The summed E-state index contributed by atoms with van der Waals surface area (Å²) < 4.78 is 6.88. The third kappa shape index (κ3) is 5.04. The molecule has 0 radical (unpaired) electrons. The molecule has 0 aliphatic carbocycles. The van der Waals surface area contributed by atoms with Gasteiger partial charge in [0.2, 0.25) is 0 Å². The first kappa shape index (κ1) is 22.8. The van der Waals surface area contributed by atoms with Gasteiger partial charge in [-0.25, -0.2) is 0 Å². The highest BCUT2D eigenvalue weighted by atomic mass is 35.5. The van der Waals surface area contributed by atoms with Crippen LogP contribution in [0.5, 0.6) is 0 Å². The zero-order chi connectivity index (χ0) is 23.3. The summed E-state index contributed by atoms with van der Waals surface area (Å²) in [4.78, 5) is 26.2. The molecule has 0 saturated heterocycles. The Morgan fingerprint density at radius 3 is 2.53 bits per heavy atom. The van der Waals surface area contributed by atoms with Gasteiger partial charge in [-0.15, -0.1) is 10.2 Å². The van der Waals surface area contributed by atoms with E-state index in [1.165, 1.54) is 4.90 Å². The monoisotopic (exact) mass is 452 g/mol. The summed E-state index contributed by atoms with van der Waals surface area (Å²) in [5.74, 6) is -0.409. The lowest BCUT2D eigenvalue weighted by Crippen LogP contribution is -2.30.